The van der Waals surface area contributed by atoms with Crippen LogP contribution in [-0.4, -0.2) is 53.7 Å². The van der Waals surface area contributed by atoms with Crippen molar-refractivity contribution in [2.45, 2.75) is 39.3 Å². The van der Waals surface area contributed by atoms with Gasteiger partial charge in [-0.05, 0) is 20.8 Å². The molecule has 0 heterocycles. The van der Waals surface area contributed by atoms with Crippen molar-refractivity contribution in [1.29, 1.82) is 0 Å². The van der Waals surface area contributed by atoms with Crippen LogP contribution in [0.15, 0.2) is 0 Å². The third kappa shape index (κ3) is 6.07. The predicted octanol–water partition coefficient (Wildman–Crippen LogP) is 0.443. The van der Waals surface area contributed by atoms with E-state index < -0.39 is 24.0 Å². The lowest BCUT2D eigenvalue weighted by Gasteiger charge is -2.27. The van der Waals surface area contributed by atoms with Crippen LogP contribution in [0.2, 0.25) is 0 Å². The predicted molar refractivity (Wildman–Crippen MR) is 64.1 cm³/mol. The van der Waals surface area contributed by atoms with E-state index in [0.717, 1.165) is 0 Å². The third-order valence-electron chi connectivity index (χ3n) is 2.26. The number of aliphatic carboxylic acids is 1. The molecule has 7 heteroatoms. The normalized spacial score (nSPS) is 11.8. The van der Waals surface area contributed by atoms with Crippen LogP contribution >= 0.6 is 0 Å². The first kappa shape index (κ1) is 16.2. The smallest absolute Gasteiger partial charge is 0.325 e. The average molecular weight is 260 g/mol. The SMILES string of the molecule is COC(=O)CN(C(=O)NC(C)CC(=O)O)C(C)C. The average Bonchev–Trinajstić information content (AvgIpc) is 2.23. The Bertz CT molecular complexity index is 317. The topological polar surface area (TPSA) is 95.9 Å². The maximum Gasteiger partial charge on any atom is 0.325 e. The van der Waals surface area contributed by atoms with E-state index in [-0.39, 0.29) is 19.0 Å². The summed E-state index contributed by atoms with van der Waals surface area (Å²) in [5, 5.41) is 11.1. The van der Waals surface area contributed by atoms with Gasteiger partial charge in [-0.15, -0.1) is 0 Å². The fourth-order valence-electron chi connectivity index (χ4n) is 1.30. The molecule has 0 saturated heterocycles. The molecule has 0 aromatic carbocycles. The van der Waals surface area contributed by atoms with E-state index in [0.29, 0.717) is 0 Å². The Hall–Kier alpha value is -1.79. The van der Waals surface area contributed by atoms with Crippen LogP contribution in [0.1, 0.15) is 27.2 Å². The Morgan fingerprint density at radius 2 is 1.83 bits per heavy atom. The summed E-state index contributed by atoms with van der Waals surface area (Å²) >= 11 is 0. The molecule has 104 valence electrons. The van der Waals surface area contributed by atoms with Crippen molar-refractivity contribution in [3.05, 3.63) is 0 Å². The molecule has 2 N–H and O–H groups in total. The van der Waals surface area contributed by atoms with Gasteiger partial charge in [0.2, 0.25) is 0 Å². The summed E-state index contributed by atoms with van der Waals surface area (Å²) in [6.07, 6.45) is -0.171. The highest BCUT2D eigenvalue weighted by Gasteiger charge is 2.22. The molecule has 0 spiro atoms. The molecule has 0 aliphatic heterocycles. The van der Waals surface area contributed by atoms with Gasteiger partial charge in [-0.2, -0.15) is 0 Å². The Kier molecular flexibility index (Phi) is 6.77. The van der Waals surface area contributed by atoms with Crippen LogP contribution in [0.25, 0.3) is 0 Å². The molecule has 2 amide bonds. The van der Waals surface area contributed by atoms with E-state index in [9.17, 15) is 14.4 Å². The molecule has 7 nitrogen and oxygen atoms in total. The summed E-state index contributed by atoms with van der Waals surface area (Å²) in [6.45, 7) is 4.93. The molecule has 0 aromatic heterocycles. The minimum Gasteiger partial charge on any atom is -0.481 e. The van der Waals surface area contributed by atoms with Gasteiger partial charge in [0.15, 0.2) is 0 Å². The Morgan fingerprint density at radius 3 is 2.22 bits per heavy atom. The minimum absolute atomic E-state index is 0.167. The highest BCUT2D eigenvalue weighted by molar-refractivity contribution is 5.81. The van der Waals surface area contributed by atoms with Crippen LogP contribution in [0.4, 0.5) is 4.79 Å². The monoisotopic (exact) mass is 260 g/mol. The Labute approximate surface area is 106 Å². The molecule has 0 rings (SSSR count). The number of rotatable bonds is 6. The fraction of sp³-hybridized carbons (Fsp3) is 0.727. The Balaban J connectivity index is 4.48. The van der Waals surface area contributed by atoms with Gasteiger partial charge in [-0.25, -0.2) is 4.79 Å². The van der Waals surface area contributed by atoms with Gasteiger partial charge >= 0.3 is 18.0 Å². The zero-order valence-electron chi connectivity index (χ0n) is 11.1. The van der Waals surface area contributed by atoms with Gasteiger partial charge in [0, 0.05) is 12.1 Å². The van der Waals surface area contributed by atoms with Gasteiger partial charge in [0.25, 0.3) is 0 Å². The summed E-state index contributed by atoms with van der Waals surface area (Å²) in [7, 11) is 1.24. The van der Waals surface area contributed by atoms with E-state index in [2.05, 4.69) is 10.1 Å². The molecular weight excluding hydrogens is 240 g/mol. The van der Waals surface area contributed by atoms with Crippen molar-refractivity contribution in [1.82, 2.24) is 10.2 Å². The lowest BCUT2D eigenvalue weighted by molar-refractivity contribution is -0.142. The first-order chi connectivity index (χ1) is 8.27. The molecule has 0 radical (unpaired) electrons. The van der Waals surface area contributed by atoms with E-state index in [4.69, 9.17) is 5.11 Å². The summed E-state index contributed by atoms with van der Waals surface area (Å²) < 4.78 is 4.50. The lowest BCUT2D eigenvalue weighted by atomic mass is 10.2. The van der Waals surface area contributed by atoms with E-state index >= 15 is 0 Å². The molecule has 0 aromatic rings. The van der Waals surface area contributed by atoms with Crippen molar-refractivity contribution >= 4 is 18.0 Å². The number of carboxylic acids is 1. The van der Waals surface area contributed by atoms with Crippen LogP contribution in [-0.2, 0) is 14.3 Å². The number of carbonyl (C=O) groups excluding carboxylic acids is 2. The maximum absolute atomic E-state index is 11.8. The molecule has 0 fully saturated rings. The number of nitrogens with zero attached hydrogens (tertiary/aromatic N) is 1. The first-order valence-corrected chi connectivity index (χ1v) is 5.63. The van der Waals surface area contributed by atoms with Crippen molar-refractivity contribution in [3.8, 4) is 0 Å². The van der Waals surface area contributed by atoms with E-state index in [1.807, 2.05) is 0 Å². The number of hydrogen-bond acceptors (Lipinski definition) is 4. The molecule has 0 saturated carbocycles. The highest BCUT2D eigenvalue weighted by atomic mass is 16.5. The second-order valence-corrected chi connectivity index (χ2v) is 4.25. The molecule has 0 aliphatic carbocycles. The van der Waals surface area contributed by atoms with Crippen molar-refractivity contribution < 1.29 is 24.2 Å². The van der Waals surface area contributed by atoms with Crippen LogP contribution in [0.3, 0.4) is 0 Å². The number of nitrogens with one attached hydrogen (secondary N) is 1. The molecular formula is C11H20N2O5. The zero-order chi connectivity index (χ0) is 14.3. The summed E-state index contributed by atoms with van der Waals surface area (Å²) in [6, 6.07) is -1.18. The quantitative estimate of drug-likeness (QED) is 0.676. The third-order valence-corrected chi connectivity index (χ3v) is 2.26. The van der Waals surface area contributed by atoms with Gasteiger partial charge in [-0.1, -0.05) is 0 Å². The minimum atomic E-state index is -0.994. The van der Waals surface area contributed by atoms with Gasteiger partial charge < -0.3 is 20.1 Å². The largest absolute Gasteiger partial charge is 0.481 e. The van der Waals surface area contributed by atoms with Crippen LogP contribution < -0.4 is 5.32 Å². The lowest BCUT2D eigenvalue weighted by Crippen LogP contribution is -2.49. The molecule has 0 aliphatic rings. The standard InChI is InChI=1S/C11H20N2O5/c1-7(2)13(6-10(16)18-4)11(17)12-8(3)5-9(14)15/h7-8H,5-6H2,1-4H3,(H,12,17)(H,14,15). The second kappa shape index (κ2) is 7.52. The second-order valence-electron chi connectivity index (χ2n) is 4.25. The summed E-state index contributed by atoms with van der Waals surface area (Å²) in [4.78, 5) is 34.8. The van der Waals surface area contributed by atoms with Crippen LogP contribution in [0, 0.1) is 0 Å². The highest BCUT2D eigenvalue weighted by Crippen LogP contribution is 2.01. The number of carboxylic acid groups (broad SMARTS) is 1. The molecule has 1 unspecified atom stereocenters. The van der Waals surface area contributed by atoms with Crippen molar-refractivity contribution in [2.75, 3.05) is 13.7 Å². The van der Waals surface area contributed by atoms with Gasteiger partial charge in [0.05, 0.1) is 13.5 Å². The Morgan fingerprint density at radius 1 is 1.28 bits per heavy atom. The number of methoxy groups -OCH3 is 1. The summed E-state index contributed by atoms with van der Waals surface area (Å²) in [5.74, 6) is -1.52. The molecule has 18 heavy (non-hydrogen) atoms. The molecule has 0 bridgehead atoms. The van der Waals surface area contributed by atoms with Crippen molar-refractivity contribution in [3.63, 3.8) is 0 Å². The van der Waals surface area contributed by atoms with Gasteiger partial charge in [-0.3, -0.25) is 9.59 Å². The summed E-state index contributed by atoms with van der Waals surface area (Å²) in [5.41, 5.74) is 0. The van der Waals surface area contributed by atoms with Gasteiger partial charge in [0.1, 0.15) is 6.54 Å². The number of carbonyl (C=O) groups is 3. The van der Waals surface area contributed by atoms with E-state index in [1.54, 1.807) is 20.8 Å². The number of hydrogen-bond donors (Lipinski definition) is 2. The van der Waals surface area contributed by atoms with Crippen molar-refractivity contribution in [2.24, 2.45) is 0 Å². The molecule has 1 atom stereocenters. The maximum atomic E-state index is 11.8. The van der Waals surface area contributed by atoms with E-state index in [1.165, 1.54) is 12.0 Å². The zero-order valence-corrected chi connectivity index (χ0v) is 11.1. The number of amides is 2. The first-order valence-electron chi connectivity index (χ1n) is 5.63. The number of urea groups is 1. The number of esters is 1. The fourth-order valence-corrected chi connectivity index (χ4v) is 1.30. The van der Waals surface area contributed by atoms with Crippen LogP contribution in [0.5, 0.6) is 0 Å². The number of ether oxygens (including phenoxy) is 1.